The van der Waals surface area contributed by atoms with Crippen LogP contribution in [0.1, 0.15) is 25.3 Å². The summed E-state index contributed by atoms with van der Waals surface area (Å²) < 4.78 is 27.6. The van der Waals surface area contributed by atoms with Crippen LogP contribution in [0.15, 0.2) is 24.3 Å². The van der Waals surface area contributed by atoms with Gasteiger partial charge in [-0.1, -0.05) is 18.2 Å². The van der Waals surface area contributed by atoms with Crippen molar-refractivity contribution in [2.75, 3.05) is 17.9 Å². The van der Waals surface area contributed by atoms with E-state index in [1.54, 1.807) is 38.1 Å². The molecule has 1 unspecified atom stereocenters. The standard InChI is InChI=1S/C13H18N2O4S/c1-9(2)14(3)20(18,19)15-8-11(13(16)17)10-6-4-5-7-12(10)15/h4-7,9,11H,8H2,1-3H3,(H,16,17). The maximum absolute atomic E-state index is 12.6. The summed E-state index contributed by atoms with van der Waals surface area (Å²) in [6.45, 7) is 3.48. The van der Waals surface area contributed by atoms with Crippen molar-refractivity contribution < 1.29 is 18.3 Å². The van der Waals surface area contributed by atoms with Crippen molar-refractivity contribution in [3.63, 3.8) is 0 Å². The molecule has 1 N–H and O–H groups in total. The van der Waals surface area contributed by atoms with E-state index in [-0.39, 0.29) is 12.6 Å². The average Bonchev–Trinajstić information content (AvgIpc) is 2.77. The normalized spacial score (nSPS) is 18.6. The monoisotopic (exact) mass is 298 g/mol. The van der Waals surface area contributed by atoms with Crippen molar-refractivity contribution in [1.29, 1.82) is 0 Å². The number of hydrogen-bond acceptors (Lipinski definition) is 3. The van der Waals surface area contributed by atoms with Gasteiger partial charge in [0, 0.05) is 13.1 Å². The number of hydrogen-bond donors (Lipinski definition) is 1. The first-order chi connectivity index (χ1) is 9.26. The molecule has 0 bridgehead atoms. The largest absolute Gasteiger partial charge is 0.481 e. The minimum Gasteiger partial charge on any atom is -0.481 e. The van der Waals surface area contributed by atoms with Crippen LogP contribution in [-0.4, -0.2) is 43.4 Å². The number of benzene rings is 1. The van der Waals surface area contributed by atoms with Crippen LogP contribution in [-0.2, 0) is 15.0 Å². The van der Waals surface area contributed by atoms with Gasteiger partial charge in [0.25, 0.3) is 0 Å². The number of carboxylic acid groups (broad SMARTS) is 1. The summed E-state index contributed by atoms with van der Waals surface area (Å²) in [5.41, 5.74) is 0.994. The molecule has 6 nitrogen and oxygen atoms in total. The van der Waals surface area contributed by atoms with E-state index in [4.69, 9.17) is 0 Å². The highest BCUT2D eigenvalue weighted by atomic mass is 32.2. The fraction of sp³-hybridized carbons (Fsp3) is 0.462. The van der Waals surface area contributed by atoms with Gasteiger partial charge >= 0.3 is 16.2 Å². The van der Waals surface area contributed by atoms with Gasteiger partial charge in [-0.05, 0) is 25.5 Å². The number of carbonyl (C=O) groups is 1. The smallest absolute Gasteiger partial charge is 0.312 e. The molecule has 110 valence electrons. The maximum Gasteiger partial charge on any atom is 0.312 e. The second-order valence-corrected chi connectivity index (χ2v) is 7.01. The Kier molecular flexibility index (Phi) is 3.75. The predicted octanol–water partition coefficient (Wildman–Crippen LogP) is 1.26. The molecule has 1 aromatic carbocycles. The molecule has 1 aliphatic heterocycles. The Labute approximate surface area is 118 Å². The van der Waals surface area contributed by atoms with Crippen molar-refractivity contribution >= 4 is 21.9 Å². The quantitative estimate of drug-likeness (QED) is 0.907. The number of anilines is 1. The van der Waals surface area contributed by atoms with Gasteiger partial charge in [-0.25, -0.2) is 0 Å². The van der Waals surface area contributed by atoms with E-state index in [1.807, 2.05) is 0 Å². The van der Waals surface area contributed by atoms with Crippen LogP contribution in [0.3, 0.4) is 0 Å². The number of aliphatic carboxylic acids is 1. The number of nitrogens with zero attached hydrogens (tertiary/aromatic N) is 2. The Morgan fingerprint density at radius 2 is 2.00 bits per heavy atom. The molecular weight excluding hydrogens is 280 g/mol. The zero-order valence-corrected chi connectivity index (χ0v) is 12.5. The molecule has 0 spiro atoms. The zero-order chi connectivity index (χ0) is 15.1. The minimum absolute atomic E-state index is 0.0614. The third-order valence-corrected chi connectivity index (χ3v) is 5.65. The van der Waals surface area contributed by atoms with Gasteiger partial charge in [0.1, 0.15) is 5.92 Å². The van der Waals surface area contributed by atoms with E-state index >= 15 is 0 Å². The number of rotatable bonds is 4. The topological polar surface area (TPSA) is 77.9 Å². The van der Waals surface area contributed by atoms with Crippen LogP contribution >= 0.6 is 0 Å². The minimum atomic E-state index is -3.71. The summed E-state index contributed by atoms with van der Waals surface area (Å²) in [5, 5.41) is 9.26. The molecule has 20 heavy (non-hydrogen) atoms. The lowest BCUT2D eigenvalue weighted by molar-refractivity contribution is -0.138. The predicted molar refractivity (Wildman–Crippen MR) is 76.0 cm³/mol. The molecule has 1 aliphatic rings. The van der Waals surface area contributed by atoms with Gasteiger partial charge in [-0.2, -0.15) is 12.7 Å². The van der Waals surface area contributed by atoms with E-state index in [2.05, 4.69) is 0 Å². The summed E-state index contributed by atoms with van der Waals surface area (Å²) in [7, 11) is -2.22. The van der Waals surface area contributed by atoms with Gasteiger partial charge in [-0.3, -0.25) is 9.10 Å². The number of fused-ring (bicyclic) bond motifs is 1. The molecular formula is C13H18N2O4S. The average molecular weight is 298 g/mol. The van der Waals surface area contributed by atoms with Gasteiger partial charge in [-0.15, -0.1) is 0 Å². The highest BCUT2D eigenvalue weighted by Crippen LogP contribution is 2.38. The van der Waals surface area contributed by atoms with Crippen LogP contribution in [0.4, 0.5) is 5.69 Å². The van der Waals surface area contributed by atoms with Crippen molar-refractivity contribution in [3.8, 4) is 0 Å². The Morgan fingerprint density at radius 3 is 2.55 bits per heavy atom. The molecule has 0 aliphatic carbocycles. The lowest BCUT2D eigenvalue weighted by Crippen LogP contribution is -2.44. The Hall–Kier alpha value is -1.60. The van der Waals surface area contributed by atoms with E-state index in [0.717, 1.165) is 0 Å². The van der Waals surface area contributed by atoms with Crippen molar-refractivity contribution in [3.05, 3.63) is 29.8 Å². The fourth-order valence-electron chi connectivity index (χ4n) is 2.22. The van der Waals surface area contributed by atoms with Crippen LogP contribution < -0.4 is 4.31 Å². The Balaban J connectivity index is 2.49. The third-order valence-electron chi connectivity index (χ3n) is 3.60. The second kappa shape index (κ2) is 5.06. The van der Waals surface area contributed by atoms with Gasteiger partial charge in [0.2, 0.25) is 0 Å². The molecule has 2 rings (SSSR count). The molecule has 7 heteroatoms. The van der Waals surface area contributed by atoms with Crippen LogP contribution in [0.5, 0.6) is 0 Å². The molecule has 1 aromatic rings. The maximum atomic E-state index is 12.6. The van der Waals surface area contributed by atoms with Crippen molar-refractivity contribution in [2.24, 2.45) is 0 Å². The van der Waals surface area contributed by atoms with Crippen LogP contribution in [0.2, 0.25) is 0 Å². The van der Waals surface area contributed by atoms with E-state index in [1.165, 1.54) is 15.7 Å². The molecule has 0 radical (unpaired) electrons. The summed E-state index contributed by atoms with van der Waals surface area (Å²) >= 11 is 0. The molecule has 0 fully saturated rings. The van der Waals surface area contributed by atoms with Gasteiger partial charge in [0.15, 0.2) is 0 Å². The highest BCUT2D eigenvalue weighted by molar-refractivity contribution is 7.90. The molecule has 1 heterocycles. The summed E-state index contributed by atoms with van der Waals surface area (Å²) in [6, 6.07) is 6.54. The number of carboxylic acids is 1. The van der Waals surface area contributed by atoms with Gasteiger partial charge in [0.05, 0.1) is 12.2 Å². The molecule has 0 saturated heterocycles. The second-order valence-electron chi connectivity index (χ2n) is 5.10. The lowest BCUT2D eigenvalue weighted by Gasteiger charge is -2.28. The Morgan fingerprint density at radius 1 is 1.40 bits per heavy atom. The van der Waals surface area contributed by atoms with E-state index < -0.39 is 22.1 Å². The molecule has 0 amide bonds. The van der Waals surface area contributed by atoms with E-state index in [0.29, 0.717) is 11.3 Å². The summed E-state index contributed by atoms with van der Waals surface area (Å²) in [5.74, 6) is -1.83. The molecule has 0 saturated carbocycles. The van der Waals surface area contributed by atoms with Crippen LogP contribution in [0.25, 0.3) is 0 Å². The molecule has 0 aromatic heterocycles. The summed E-state index contributed by atoms with van der Waals surface area (Å²) in [6.07, 6.45) is 0. The third kappa shape index (κ3) is 2.27. The highest BCUT2D eigenvalue weighted by Gasteiger charge is 2.41. The first kappa shape index (κ1) is 14.8. The Bertz CT molecular complexity index is 627. The lowest BCUT2D eigenvalue weighted by atomic mass is 10.0. The fourth-order valence-corrected chi connectivity index (χ4v) is 3.82. The van der Waals surface area contributed by atoms with E-state index in [9.17, 15) is 18.3 Å². The summed E-state index contributed by atoms with van der Waals surface area (Å²) in [4.78, 5) is 11.3. The first-order valence-corrected chi connectivity index (χ1v) is 7.74. The van der Waals surface area contributed by atoms with Crippen LogP contribution in [0, 0.1) is 0 Å². The number of para-hydroxylation sites is 1. The SMILES string of the molecule is CC(C)N(C)S(=O)(=O)N1CC(C(=O)O)c2ccccc21. The van der Waals surface area contributed by atoms with Crippen molar-refractivity contribution in [1.82, 2.24) is 4.31 Å². The zero-order valence-electron chi connectivity index (χ0n) is 11.6. The van der Waals surface area contributed by atoms with Gasteiger partial charge < -0.3 is 5.11 Å². The molecule has 1 atom stereocenters. The first-order valence-electron chi connectivity index (χ1n) is 6.34. The van der Waals surface area contributed by atoms with Crippen molar-refractivity contribution in [2.45, 2.75) is 25.8 Å².